The van der Waals surface area contributed by atoms with Gasteiger partial charge in [-0.05, 0) is 29.8 Å². The Kier molecular flexibility index (Phi) is 1.90. The van der Waals surface area contributed by atoms with Gasteiger partial charge in [-0.3, -0.25) is 0 Å². The summed E-state index contributed by atoms with van der Waals surface area (Å²) in [5, 5.41) is 0. The van der Waals surface area contributed by atoms with E-state index in [2.05, 4.69) is 35.0 Å². The lowest BCUT2D eigenvalue weighted by Gasteiger charge is -2.04. The van der Waals surface area contributed by atoms with E-state index in [0.29, 0.717) is 0 Å². The molecule has 0 spiro atoms. The Bertz CT molecular complexity index is 142. The summed E-state index contributed by atoms with van der Waals surface area (Å²) in [5.74, 6) is 0. The molecule has 0 saturated carbocycles. The fraction of sp³-hybridized carbons (Fsp3) is 0.429. The van der Waals surface area contributed by atoms with Crippen LogP contribution in [0.1, 0.15) is 19.8 Å². The normalized spacial score (nSPS) is 19.8. The van der Waals surface area contributed by atoms with Crippen LogP contribution in [0.3, 0.4) is 0 Å². The van der Waals surface area contributed by atoms with Crippen LogP contribution in [0.5, 0.6) is 0 Å². The largest absolute Gasteiger partial charge is 0.0839 e. The molecule has 0 nitrogen and oxygen atoms in total. The predicted octanol–water partition coefficient (Wildman–Crippen LogP) is 3.01. The van der Waals surface area contributed by atoms with Crippen LogP contribution in [0.15, 0.2) is 22.2 Å². The van der Waals surface area contributed by atoms with Crippen LogP contribution in [0.2, 0.25) is 0 Å². The van der Waals surface area contributed by atoms with Gasteiger partial charge in [-0.1, -0.05) is 28.1 Å². The molecule has 0 N–H and O–H groups in total. The third kappa shape index (κ3) is 1.22. The third-order valence-corrected chi connectivity index (χ3v) is 2.35. The summed E-state index contributed by atoms with van der Waals surface area (Å²) in [6, 6.07) is 0. The molecule has 0 bridgehead atoms. The molecule has 0 amide bonds. The summed E-state index contributed by atoms with van der Waals surface area (Å²) in [5.41, 5.74) is 1.37. The van der Waals surface area contributed by atoms with Crippen LogP contribution in [0.4, 0.5) is 0 Å². The zero-order valence-corrected chi connectivity index (χ0v) is 6.53. The Balaban J connectivity index is 2.76. The fourth-order valence-corrected chi connectivity index (χ4v) is 1.12. The number of rotatable bonds is 0. The van der Waals surface area contributed by atoms with Crippen LogP contribution < -0.4 is 0 Å². The average molecular weight is 173 g/mol. The smallest absolute Gasteiger partial charge is 0.00172 e. The lowest BCUT2D eigenvalue weighted by Crippen LogP contribution is -1.82. The van der Waals surface area contributed by atoms with Gasteiger partial charge < -0.3 is 0 Å². The zero-order valence-electron chi connectivity index (χ0n) is 4.95. The van der Waals surface area contributed by atoms with Crippen molar-refractivity contribution in [1.29, 1.82) is 0 Å². The highest BCUT2D eigenvalue weighted by Gasteiger charge is 1.98. The lowest BCUT2D eigenvalue weighted by atomic mass is 10.1. The highest BCUT2D eigenvalue weighted by atomic mass is 79.9. The van der Waals surface area contributed by atoms with E-state index in [0.717, 1.165) is 0 Å². The van der Waals surface area contributed by atoms with Crippen LogP contribution in [-0.2, 0) is 0 Å². The maximum absolute atomic E-state index is 3.48. The molecule has 0 aliphatic heterocycles. The summed E-state index contributed by atoms with van der Waals surface area (Å²) in [4.78, 5) is 0. The second-order valence-electron chi connectivity index (χ2n) is 2.03. The van der Waals surface area contributed by atoms with E-state index in [1.807, 2.05) is 0 Å². The Morgan fingerprint density at radius 1 is 1.62 bits per heavy atom. The first kappa shape index (κ1) is 6.09. The van der Waals surface area contributed by atoms with E-state index in [1.165, 1.54) is 22.9 Å². The number of halogens is 1. The molecule has 0 radical (unpaired) electrons. The van der Waals surface area contributed by atoms with E-state index in [-0.39, 0.29) is 0 Å². The van der Waals surface area contributed by atoms with Gasteiger partial charge in [0.25, 0.3) is 0 Å². The third-order valence-electron chi connectivity index (χ3n) is 1.33. The molecular weight excluding hydrogens is 164 g/mol. The first-order valence-electron chi connectivity index (χ1n) is 2.82. The predicted molar refractivity (Wildman–Crippen MR) is 40.0 cm³/mol. The van der Waals surface area contributed by atoms with Gasteiger partial charge in [0.05, 0.1) is 0 Å². The first-order chi connectivity index (χ1) is 3.80. The molecule has 1 aliphatic rings. The fourth-order valence-electron chi connectivity index (χ4n) is 0.758. The molecule has 8 heavy (non-hydrogen) atoms. The Morgan fingerprint density at radius 2 is 2.38 bits per heavy atom. The van der Waals surface area contributed by atoms with Gasteiger partial charge >= 0.3 is 0 Å². The van der Waals surface area contributed by atoms with Crippen molar-refractivity contribution in [3.05, 3.63) is 22.2 Å². The topological polar surface area (TPSA) is 0 Å². The Hall–Kier alpha value is -0.0400. The summed E-state index contributed by atoms with van der Waals surface area (Å²) >= 11 is 3.48. The van der Waals surface area contributed by atoms with E-state index in [1.54, 1.807) is 0 Å². The molecule has 0 aromatic rings. The molecular formula is C7H9Br. The number of allylic oxidation sites excluding steroid dienone is 4. The second-order valence-corrected chi connectivity index (χ2v) is 2.99. The van der Waals surface area contributed by atoms with E-state index in [4.69, 9.17) is 0 Å². The molecule has 0 unspecified atom stereocenters. The van der Waals surface area contributed by atoms with Crippen molar-refractivity contribution in [2.75, 3.05) is 0 Å². The first-order valence-corrected chi connectivity index (χ1v) is 3.62. The minimum absolute atomic E-state index is 1.18. The van der Waals surface area contributed by atoms with Gasteiger partial charge in [0.2, 0.25) is 0 Å². The van der Waals surface area contributed by atoms with Gasteiger partial charge in [0.15, 0.2) is 0 Å². The maximum Gasteiger partial charge on any atom is -0.00172 e. The monoisotopic (exact) mass is 172 g/mol. The molecule has 0 fully saturated rings. The van der Waals surface area contributed by atoms with Crippen LogP contribution in [0, 0.1) is 0 Å². The standard InChI is InChI=1S/C7H9Br/c1-6-4-2-3-5-7(6)8/h2,4H,3,5H2,1H3. The molecule has 0 aromatic carbocycles. The van der Waals surface area contributed by atoms with Gasteiger partial charge in [0, 0.05) is 0 Å². The van der Waals surface area contributed by atoms with Gasteiger partial charge in [-0.2, -0.15) is 0 Å². The van der Waals surface area contributed by atoms with Crippen molar-refractivity contribution in [2.24, 2.45) is 0 Å². The summed E-state index contributed by atoms with van der Waals surface area (Å²) in [6.07, 6.45) is 6.74. The number of hydrogen-bond donors (Lipinski definition) is 0. The summed E-state index contributed by atoms with van der Waals surface area (Å²) in [7, 11) is 0. The molecule has 0 saturated heterocycles. The van der Waals surface area contributed by atoms with Crippen molar-refractivity contribution in [3.8, 4) is 0 Å². The minimum atomic E-state index is 1.18. The van der Waals surface area contributed by atoms with Crippen molar-refractivity contribution in [1.82, 2.24) is 0 Å². The highest BCUT2D eigenvalue weighted by Crippen LogP contribution is 2.22. The van der Waals surface area contributed by atoms with Crippen molar-refractivity contribution in [3.63, 3.8) is 0 Å². The molecule has 44 valence electrons. The quantitative estimate of drug-likeness (QED) is 0.528. The average Bonchev–Trinajstić information content (AvgIpc) is 1.77. The molecule has 1 heteroatoms. The Morgan fingerprint density at radius 3 is 2.75 bits per heavy atom. The van der Waals surface area contributed by atoms with Crippen molar-refractivity contribution >= 4 is 15.9 Å². The van der Waals surface area contributed by atoms with Gasteiger partial charge in [-0.25, -0.2) is 0 Å². The SMILES string of the molecule is CC1=C(Br)CCC=C1. The van der Waals surface area contributed by atoms with E-state index in [9.17, 15) is 0 Å². The zero-order chi connectivity index (χ0) is 5.98. The van der Waals surface area contributed by atoms with Crippen LogP contribution in [-0.4, -0.2) is 0 Å². The van der Waals surface area contributed by atoms with Crippen LogP contribution in [0.25, 0.3) is 0 Å². The molecule has 0 aromatic heterocycles. The lowest BCUT2D eigenvalue weighted by molar-refractivity contribution is 1.00. The highest BCUT2D eigenvalue weighted by molar-refractivity contribution is 9.11. The Labute approximate surface area is 58.4 Å². The number of hydrogen-bond acceptors (Lipinski definition) is 0. The van der Waals surface area contributed by atoms with E-state index < -0.39 is 0 Å². The van der Waals surface area contributed by atoms with Crippen molar-refractivity contribution < 1.29 is 0 Å². The van der Waals surface area contributed by atoms with Crippen molar-refractivity contribution in [2.45, 2.75) is 19.8 Å². The minimum Gasteiger partial charge on any atom is -0.0839 e. The van der Waals surface area contributed by atoms with Gasteiger partial charge in [0.1, 0.15) is 0 Å². The maximum atomic E-state index is 3.48. The second kappa shape index (κ2) is 2.49. The summed E-state index contributed by atoms with van der Waals surface area (Å²) in [6.45, 7) is 2.12. The van der Waals surface area contributed by atoms with E-state index >= 15 is 0 Å². The molecule has 0 heterocycles. The summed E-state index contributed by atoms with van der Waals surface area (Å²) < 4.78 is 1.36. The molecule has 0 atom stereocenters. The van der Waals surface area contributed by atoms with Gasteiger partial charge in [-0.15, -0.1) is 0 Å². The molecule has 1 aliphatic carbocycles. The molecule has 1 rings (SSSR count). The van der Waals surface area contributed by atoms with Crippen LogP contribution >= 0.6 is 15.9 Å².